The average molecular weight is 423 g/mol. The molecule has 0 spiro atoms. The molecule has 1 N–H and O–H groups in total. The lowest BCUT2D eigenvalue weighted by Crippen LogP contribution is -2.29. The summed E-state index contributed by atoms with van der Waals surface area (Å²) in [6.07, 6.45) is 4.85. The summed E-state index contributed by atoms with van der Waals surface area (Å²) in [6, 6.07) is 26.6. The molecule has 0 amide bonds. The van der Waals surface area contributed by atoms with Gasteiger partial charge >= 0.3 is 0 Å². The molecule has 0 aliphatic carbocycles. The number of anilines is 1. The third kappa shape index (κ3) is 3.34. The van der Waals surface area contributed by atoms with Gasteiger partial charge in [0.2, 0.25) is 0 Å². The number of benzene rings is 3. The summed E-state index contributed by atoms with van der Waals surface area (Å²) in [4.78, 5) is 7.76. The van der Waals surface area contributed by atoms with Crippen molar-refractivity contribution in [3.63, 3.8) is 0 Å². The Morgan fingerprint density at radius 2 is 1.65 bits per heavy atom. The second-order valence-electron chi connectivity index (χ2n) is 8.54. The third-order valence-electron chi connectivity index (χ3n) is 6.55. The Balaban J connectivity index is 1.68. The first kappa shape index (κ1) is 18.7. The molecule has 3 heteroatoms. The summed E-state index contributed by atoms with van der Waals surface area (Å²) in [7, 11) is 0. The molecule has 1 aliphatic heterocycles. The molecular formula is C28H26N2S. The zero-order chi connectivity index (χ0) is 20.6. The zero-order valence-electron chi connectivity index (χ0n) is 17.6. The Hall–Kier alpha value is -3.04. The number of aromatic amines is 1. The minimum atomic E-state index is 0.949. The third-order valence-corrected chi connectivity index (χ3v) is 7.43. The van der Waals surface area contributed by atoms with Crippen LogP contribution in [0.5, 0.6) is 0 Å². The van der Waals surface area contributed by atoms with Gasteiger partial charge in [-0.1, -0.05) is 54.6 Å². The zero-order valence-corrected chi connectivity index (χ0v) is 18.4. The normalized spacial score (nSPS) is 14.5. The highest BCUT2D eigenvalue weighted by atomic mass is 32.1. The Bertz CT molecular complexity index is 1330. The fourth-order valence-electron chi connectivity index (χ4n) is 5.11. The summed E-state index contributed by atoms with van der Waals surface area (Å²) in [5.74, 6) is 0. The summed E-state index contributed by atoms with van der Waals surface area (Å²) < 4.78 is 0. The van der Waals surface area contributed by atoms with Crippen LogP contribution in [0.25, 0.3) is 32.2 Å². The second kappa shape index (κ2) is 7.90. The number of nitrogens with zero attached hydrogens (tertiary/aromatic N) is 1. The lowest BCUT2D eigenvalue weighted by atomic mass is 9.93. The summed E-state index contributed by atoms with van der Waals surface area (Å²) in [5, 5.41) is 4.90. The summed E-state index contributed by atoms with van der Waals surface area (Å²) >= 11 is 1.84. The molecule has 0 radical (unpaired) electrons. The van der Waals surface area contributed by atoms with E-state index in [1.165, 1.54) is 68.3 Å². The van der Waals surface area contributed by atoms with E-state index in [0.29, 0.717) is 0 Å². The predicted molar refractivity (Wildman–Crippen MR) is 134 cm³/mol. The van der Waals surface area contributed by atoms with Gasteiger partial charge in [0, 0.05) is 39.8 Å². The van der Waals surface area contributed by atoms with E-state index in [-0.39, 0.29) is 0 Å². The van der Waals surface area contributed by atoms with Crippen molar-refractivity contribution in [3.8, 4) is 10.4 Å². The van der Waals surface area contributed by atoms with E-state index < -0.39 is 0 Å². The molecule has 0 atom stereocenters. The molecule has 0 saturated carbocycles. The van der Waals surface area contributed by atoms with Crippen molar-refractivity contribution in [1.82, 2.24) is 4.98 Å². The molecule has 0 bridgehead atoms. The van der Waals surface area contributed by atoms with Crippen molar-refractivity contribution in [2.45, 2.75) is 25.7 Å². The molecule has 2 nitrogen and oxygen atoms in total. The van der Waals surface area contributed by atoms with Gasteiger partial charge in [-0.05, 0) is 60.4 Å². The van der Waals surface area contributed by atoms with Gasteiger partial charge in [-0.3, -0.25) is 0 Å². The van der Waals surface area contributed by atoms with Gasteiger partial charge in [0.05, 0.1) is 11.2 Å². The maximum Gasteiger partial charge on any atom is 0.0709 e. The van der Waals surface area contributed by atoms with Gasteiger partial charge in [0.25, 0.3) is 0 Å². The molecule has 154 valence electrons. The minimum Gasteiger partial charge on any atom is -0.370 e. The maximum absolute atomic E-state index is 3.80. The Morgan fingerprint density at radius 3 is 2.45 bits per heavy atom. The van der Waals surface area contributed by atoms with Crippen LogP contribution in [0.4, 0.5) is 5.69 Å². The van der Waals surface area contributed by atoms with Crippen molar-refractivity contribution in [3.05, 3.63) is 89.3 Å². The first-order chi connectivity index (χ1) is 15.4. The molecular weight excluding hydrogens is 396 g/mol. The number of nitrogens with one attached hydrogen (secondary N) is 1. The van der Waals surface area contributed by atoms with E-state index >= 15 is 0 Å². The lowest BCUT2D eigenvalue weighted by Gasteiger charge is -2.30. The van der Waals surface area contributed by atoms with E-state index in [4.69, 9.17) is 0 Å². The highest BCUT2D eigenvalue weighted by Gasteiger charge is 2.22. The average Bonchev–Trinajstić information content (AvgIpc) is 3.48. The van der Waals surface area contributed by atoms with Crippen LogP contribution in [0.2, 0.25) is 0 Å². The number of fused-ring (bicyclic) bond motifs is 3. The highest BCUT2D eigenvalue weighted by Crippen LogP contribution is 2.44. The number of piperidine rings is 1. The first-order valence-electron chi connectivity index (χ1n) is 11.3. The number of rotatable bonds is 4. The first-order valence-corrected chi connectivity index (χ1v) is 12.2. The van der Waals surface area contributed by atoms with Crippen LogP contribution < -0.4 is 4.90 Å². The summed E-state index contributed by atoms with van der Waals surface area (Å²) in [5.41, 5.74) is 8.08. The maximum atomic E-state index is 3.80. The largest absolute Gasteiger partial charge is 0.370 e. The number of hydrogen-bond donors (Lipinski definition) is 1. The smallest absolute Gasteiger partial charge is 0.0709 e. The Morgan fingerprint density at radius 1 is 0.839 bits per heavy atom. The van der Waals surface area contributed by atoms with Crippen LogP contribution in [0.3, 0.4) is 0 Å². The second-order valence-corrected chi connectivity index (χ2v) is 9.49. The molecule has 6 rings (SSSR count). The topological polar surface area (TPSA) is 19.0 Å². The van der Waals surface area contributed by atoms with Gasteiger partial charge in [0.1, 0.15) is 0 Å². The van der Waals surface area contributed by atoms with Crippen LogP contribution >= 0.6 is 11.3 Å². The van der Waals surface area contributed by atoms with Gasteiger partial charge in [0.15, 0.2) is 0 Å². The van der Waals surface area contributed by atoms with Crippen LogP contribution in [0, 0.1) is 0 Å². The lowest BCUT2D eigenvalue weighted by molar-refractivity contribution is 0.578. The SMILES string of the molecule is c1ccc(Cc2cc(N3CCCCC3)c3[nH]c4ccccc4c3c2-c2cccs2)cc1. The van der Waals surface area contributed by atoms with E-state index in [2.05, 4.69) is 88.1 Å². The van der Waals surface area contributed by atoms with Crippen LogP contribution in [-0.2, 0) is 6.42 Å². The fraction of sp³-hybridized carbons (Fsp3) is 0.214. The molecule has 0 unspecified atom stereocenters. The fourth-order valence-corrected chi connectivity index (χ4v) is 5.92. The quantitative estimate of drug-likeness (QED) is 0.315. The van der Waals surface area contributed by atoms with Crippen molar-refractivity contribution >= 4 is 38.8 Å². The van der Waals surface area contributed by atoms with Gasteiger partial charge < -0.3 is 9.88 Å². The molecule has 1 fully saturated rings. The number of para-hydroxylation sites is 1. The molecule has 2 aromatic heterocycles. The number of hydrogen-bond acceptors (Lipinski definition) is 2. The number of thiophene rings is 1. The molecule has 3 heterocycles. The van der Waals surface area contributed by atoms with Gasteiger partial charge in [-0.2, -0.15) is 0 Å². The standard InChI is InChI=1S/C28H26N2S/c1-3-10-20(11-4-1)18-21-19-24(30-15-7-2-8-16-30)28-27(26(21)25-14-9-17-31-25)22-12-5-6-13-23(22)29-28/h1,3-6,9-14,17,19,29H,2,7-8,15-16,18H2. The van der Waals surface area contributed by atoms with Crippen molar-refractivity contribution in [1.29, 1.82) is 0 Å². The van der Waals surface area contributed by atoms with Gasteiger partial charge in [-0.25, -0.2) is 0 Å². The predicted octanol–water partition coefficient (Wildman–Crippen LogP) is 7.63. The van der Waals surface area contributed by atoms with Crippen LogP contribution in [0.15, 0.2) is 78.2 Å². The van der Waals surface area contributed by atoms with E-state index in [9.17, 15) is 0 Å². The van der Waals surface area contributed by atoms with E-state index in [1.54, 1.807) is 0 Å². The van der Waals surface area contributed by atoms with Crippen molar-refractivity contribution < 1.29 is 0 Å². The van der Waals surface area contributed by atoms with E-state index in [0.717, 1.165) is 19.5 Å². The van der Waals surface area contributed by atoms with Crippen molar-refractivity contribution in [2.75, 3.05) is 18.0 Å². The Labute approximate surface area is 187 Å². The highest BCUT2D eigenvalue weighted by molar-refractivity contribution is 7.13. The molecule has 5 aromatic rings. The molecule has 1 saturated heterocycles. The summed E-state index contributed by atoms with van der Waals surface area (Å²) in [6.45, 7) is 2.29. The van der Waals surface area contributed by atoms with Crippen LogP contribution in [-0.4, -0.2) is 18.1 Å². The number of aromatic nitrogens is 1. The van der Waals surface area contributed by atoms with Crippen molar-refractivity contribution in [2.24, 2.45) is 0 Å². The monoisotopic (exact) mass is 422 g/mol. The number of H-pyrrole nitrogens is 1. The molecule has 1 aliphatic rings. The van der Waals surface area contributed by atoms with E-state index in [1.807, 2.05) is 11.3 Å². The Kier molecular flexibility index (Phi) is 4.77. The molecule has 31 heavy (non-hydrogen) atoms. The van der Waals surface area contributed by atoms with Gasteiger partial charge in [-0.15, -0.1) is 11.3 Å². The minimum absolute atomic E-state index is 0.949. The van der Waals surface area contributed by atoms with Crippen LogP contribution in [0.1, 0.15) is 30.4 Å². The molecule has 3 aromatic carbocycles.